The maximum Gasteiger partial charge on any atom is -0.0137 e. The van der Waals surface area contributed by atoms with Gasteiger partial charge in [-0.3, -0.25) is 0 Å². The number of allylic oxidation sites excluding steroid dienone is 4. The lowest BCUT2D eigenvalue weighted by Gasteiger charge is -2.02. The lowest BCUT2D eigenvalue weighted by atomic mass is 10.1. The molecule has 0 aliphatic heterocycles. The Kier molecular flexibility index (Phi) is 4.93. The summed E-state index contributed by atoms with van der Waals surface area (Å²) in [5, 5.41) is 0. The van der Waals surface area contributed by atoms with Crippen LogP contribution in [0.4, 0.5) is 0 Å². The summed E-state index contributed by atoms with van der Waals surface area (Å²) in [5.41, 5.74) is 4.46. The van der Waals surface area contributed by atoms with Crippen LogP contribution in [0.3, 0.4) is 0 Å². The Morgan fingerprint density at radius 2 is 1.55 bits per heavy atom. The van der Waals surface area contributed by atoms with E-state index in [1.807, 2.05) is 0 Å². The monoisotopic (exact) mass is 152 g/mol. The molecule has 0 aromatic carbocycles. The fourth-order valence-electron chi connectivity index (χ4n) is 0.833. The molecule has 0 aromatic rings. The fraction of sp³-hybridized carbons (Fsp3) is 0.636. The topological polar surface area (TPSA) is 0 Å². The van der Waals surface area contributed by atoms with Crippen molar-refractivity contribution in [1.29, 1.82) is 0 Å². The molecule has 0 spiro atoms. The van der Waals surface area contributed by atoms with Crippen molar-refractivity contribution in [3.05, 3.63) is 22.8 Å². The Morgan fingerprint density at radius 1 is 1.00 bits per heavy atom. The lowest BCUT2D eigenvalue weighted by Crippen LogP contribution is -1.81. The lowest BCUT2D eigenvalue weighted by molar-refractivity contribution is 1.02. The van der Waals surface area contributed by atoms with Crippen molar-refractivity contribution in [3.8, 4) is 0 Å². The molecule has 0 saturated carbocycles. The van der Waals surface area contributed by atoms with Crippen LogP contribution in [0.15, 0.2) is 22.8 Å². The first-order valence-electron chi connectivity index (χ1n) is 4.36. The van der Waals surface area contributed by atoms with Crippen LogP contribution < -0.4 is 0 Å². The number of hydrogen-bond donors (Lipinski definition) is 0. The predicted molar refractivity (Wildman–Crippen MR) is 52.7 cm³/mol. The average molecular weight is 152 g/mol. The van der Waals surface area contributed by atoms with Gasteiger partial charge in [0.25, 0.3) is 0 Å². The van der Waals surface area contributed by atoms with Gasteiger partial charge in [0, 0.05) is 0 Å². The molecular weight excluding hydrogens is 132 g/mol. The maximum absolute atomic E-state index is 2.29. The van der Waals surface area contributed by atoms with E-state index in [1.165, 1.54) is 23.1 Å². The zero-order valence-electron chi connectivity index (χ0n) is 8.49. The van der Waals surface area contributed by atoms with Gasteiger partial charge in [-0.25, -0.2) is 0 Å². The van der Waals surface area contributed by atoms with Crippen LogP contribution in [-0.4, -0.2) is 0 Å². The van der Waals surface area contributed by atoms with Crippen molar-refractivity contribution in [3.63, 3.8) is 0 Å². The van der Waals surface area contributed by atoms with E-state index in [1.54, 1.807) is 0 Å². The van der Waals surface area contributed by atoms with E-state index in [0.717, 1.165) is 6.42 Å². The van der Waals surface area contributed by atoms with Crippen LogP contribution in [-0.2, 0) is 0 Å². The third-order valence-electron chi connectivity index (χ3n) is 2.08. The van der Waals surface area contributed by atoms with Crippen molar-refractivity contribution >= 4 is 0 Å². The Morgan fingerprint density at radius 3 is 1.91 bits per heavy atom. The van der Waals surface area contributed by atoms with Crippen molar-refractivity contribution in [2.75, 3.05) is 0 Å². The first-order chi connectivity index (χ1) is 5.07. The predicted octanol–water partition coefficient (Wildman–Crippen LogP) is 4.09. The minimum absolute atomic E-state index is 1.13. The van der Waals surface area contributed by atoms with E-state index in [9.17, 15) is 0 Å². The molecule has 64 valence electrons. The van der Waals surface area contributed by atoms with E-state index in [0.29, 0.717) is 0 Å². The molecule has 0 saturated heterocycles. The number of hydrogen-bond acceptors (Lipinski definition) is 0. The van der Waals surface area contributed by atoms with Crippen LogP contribution in [0.1, 0.15) is 47.5 Å². The molecule has 0 heterocycles. The maximum atomic E-state index is 2.29. The van der Waals surface area contributed by atoms with Gasteiger partial charge in [-0.1, -0.05) is 29.7 Å². The highest BCUT2D eigenvalue weighted by molar-refractivity contribution is 5.13. The Bertz CT molecular complexity index is 166. The SMILES string of the molecule is CCC(C)=C(C)CC=C(C)C. The van der Waals surface area contributed by atoms with Gasteiger partial charge in [0.15, 0.2) is 0 Å². The molecule has 0 unspecified atom stereocenters. The van der Waals surface area contributed by atoms with Gasteiger partial charge in [-0.2, -0.15) is 0 Å². The third-order valence-corrected chi connectivity index (χ3v) is 2.08. The first-order valence-corrected chi connectivity index (χ1v) is 4.36. The smallest absolute Gasteiger partial charge is 0.0137 e. The zero-order chi connectivity index (χ0) is 8.85. The summed E-state index contributed by atoms with van der Waals surface area (Å²) in [6.07, 6.45) is 4.60. The molecule has 0 nitrogen and oxygen atoms in total. The highest BCUT2D eigenvalue weighted by Crippen LogP contribution is 2.12. The molecule has 0 N–H and O–H groups in total. The highest BCUT2D eigenvalue weighted by atomic mass is 14.0. The van der Waals surface area contributed by atoms with Crippen LogP contribution in [0, 0.1) is 0 Å². The Hall–Kier alpha value is -0.520. The second-order valence-corrected chi connectivity index (χ2v) is 3.40. The molecule has 0 fully saturated rings. The quantitative estimate of drug-likeness (QED) is 0.534. The van der Waals surface area contributed by atoms with Crippen LogP contribution in [0.2, 0.25) is 0 Å². The fourth-order valence-corrected chi connectivity index (χ4v) is 0.833. The summed E-state index contributed by atoms with van der Waals surface area (Å²) in [7, 11) is 0. The van der Waals surface area contributed by atoms with Crippen molar-refractivity contribution in [2.45, 2.75) is 47.5 Å². The molecule has 0 amide bonds. The second kappa shape index (κ2) is 5.17. The van der Waals surface area contributed by atoms with E-state index in [2.05, 4.69) is 40.7 Å². The van der Waals surface area contributed by atoms with Crippen molar-refractivity contribution in [2.24, 2.45) is 0 Å². The second-order valence-electron chi connectivity index (χ2n) is 3.40. The number of rotatable bonds is 3. The Balaban J connectivity index is 4.06. The highest BCUT2D eigenvalue weighted by Gasteiger charge is 1.91. The largest absolute Gasteiger partial charge is 0.0818 e. The van der Waals surface area contributed by atoms with Crippen molar-refractivity contribution in [1.82, 2.24) is 0 Å². The minimum atomic E-state index is 1.13. The summed E-state index contributed by atoms with van der Waals surface area (Å²) in [4.78, 5) is 0. The van der Waals surface area contributed by atoms with Crippen LogP contribution in [0.25, 0.3) is 0 Å². The van der Waals surface area contributed by atoms with E-state index >= 15 is 0 Å². The first kappa shape index (κ1) is 10.5. The van der Waals surface area contributed by atoms with E-state index < -0.39 is 0 Å². The van der Waals surface area contributed by atoms with Gasteiger partial charge in [0.05, 0.1) is 0 Å². The molecule has 0 radical (unpaired) electrons. The van der Waals surface area contributed by atoms with Gasteiger partial charge in [0.2, 0.25) is 0 Å². The molecule has 11 heavy (non-hydrogen) atoms. The van der Waals surface area contributed by atoms with Gasteiger partial charge in [0.1, 0.15) is 0 Å². The normalized spacial score (nSPS) is 12.5. The van der Waals surface area contributed by atoms with E-state index in [4.69, 9.17) is 0 Å². The molecule has 0 aliphatic carbocycles. The third kappa shape index (κ3) is 4.83. The molecule has 0 atom stereocenters. The molecule has 0 rings (SSSR count). The molecule has 0 heteroatoms. The zero-order valence-corrected chi connectivity index (χ0v) is 8.49. The van der Waals surface area contributed by atoms with Gasteiger partial charge in [-0.15, -0.1) is 0 Å². The average Bonchev–Trinajstić information content (AvgIpc) is 1.98. The summed E-state index contributed by atoms with van der Waals surface area (Å²) in [5.74, 6) is 0. The standard InChI is InChI=1S/C11H20/c1-6-10(4)11(5)8-7-9(2)3/h7H,6,8H2,1-5H3. The molecular formula is C11H20. The van der Waals surface area contributed by atoms with E-state index in [-0.39, 0.29) is 0 Å². The molecule has 0 aliphatic rings. The Labute approximate surface area is 71.0 Å². The van der Waals surface area contributed by atoms with Gasteiger partial charge < -0.3 is 0 Å². The summed E-state index contributed by atoms with van der Waals surface area (Å²) < 4.78 is 0. The molecule has 0 aromatic heterocycles. The summed E-state index contributed by atoms with van der Waals surface area (Å²) in [6, 6.07) is 0. The van der Waals surface area contributed by atoms with Gasteiger partial charge in [-0.05, 0) is 40.5 Å². The van der Waals surface area contributed by atoms with Crippen molar-refractivity contribution < 1.29 is 0 Å². The molecule has 0 bridgehead atoms. The van der Waals surface area contributed by atoms with Gasteiger partial charge >= 0.3 is 0 Å². The minimum Gasteiger partial charge on any atom is -0.0818 e. The van der Waals surface area contributed by atoms with Crippen LogP contribution >= 0.6 is 0 Å². The summed E-state index contributed by atoms with van der Waals surface area (Å²) in [6.45, 7) is 10.9. The summed E-state index contributed by atoms with van der Waals surface area (Å²) >= 11 is 0. The van der Waals surface area contributed by atoms with Crippen LogP contribution in [0.5, 0.6) is 0 Å².